The highest BCUT2D eigenvalue weighted by Crippen LogP contribution is 2.07. The second-order valence-electron chi connectivity index (χ2n) is 4.55. The lowest BCUT2D eigenvalue weighted by Gasteiger charge is -2.21. The number of halogens is 1. The fraction of sp³-hybridized carbons (Fsp3) is 0.400. The standard InChI is InChI=1S/C15H20FNO2/c1-4-9-17(15(18)11-19-12(2)3)10-13-5-7-14(16)8-6-13/h4-8,12H,1,9-11H2,2-3H3. The number of amides is 1. The van der Waals surface area contributed by atoms with Crippen molar-refractivity contribution in [2.75, 3.05) is 13.2 Å². The molecule has 1 amide bonds. The Morgan fingerprint density at radius 3 is 2.58 bits per heavy atom. The highest BCUT2D eigenvalue weighted by molar-refractivity contribution is 5.77. The highest BCUT2D eigenvalue weighted by atomic mass is 19.1. The summed E-state index contributed by atoms with van der Waals surface area (Å²) in [6.45, 7) is 8.31. The van der Waals surface area contributed by atoms with Crippen LogP contribution in [0.15, 0.2) is 36.9 Å². The Balaban J connectivity index is 2.63. The SMILES string of the molecule is C=CCN(Cc1ccc(F)cc1)C(=O)COC(C)C. The van der Waals surface area contributed by atoms with Crippen molar-refractivity contribution in [1.29, 1.82) is 0 Å². The van der Waals surface area contributed by atoms with Gasteiger partial charge in [0.2, 0.25) is 5.91 Å². The van der Waals surface area contributed by atoms with Gasteiger partial charge in [-0.05, 0) is 31.5 Å². The van der Waals surface area contributed by atoms with E-state index in [0.29, 0.717) is 13.1 Å². The van der Waals surface area contributed by atoms with Gasteiger partial charge in [0.05, 0.1) is 6.10 Å². The van der Waals surface area contributed by atoms with E-state index in [1.807, 2.05) is 13.8 Å². The van der Waals surface area contributed by atoms with Crippen molar-refractivity contribution in [3.8, 4) is 0 Å². The monoisotopic (exact) mass is 265 g/mol. The van der Waals surface area contributed by atoms with Crippen LogP contribution >= 0.6 is 0 Å². The molecule has 0 heterocycles. The van der Waals surface area contributed by atoms with Crippen molar-refractivity contribution in [2.24, 2.45) is 0 Å². The van der Waals surface area contributed by atoms with Gasteiger partial charge in [-0.1, -0.05) is 18.2 Å². The number of carbonyl (C=O) groups excluding carboxylic acids is 1. The smallest absolute Gasteiger partial charge is 0.249 e. The van der Waals surface area contributed by atoms with E-state index in [-0.39, 0.29) is 24.4 Å². The third kappa shape index (κ3) is 5.66. The second kappa shape index (κ2) is 7.69. The summed E-state index contributed by atoms with van der Waals surface area (Å²) >= 11 is 0. The van der Waals surface area contributed by atoms with E-state index in [9.17, 15) is 9.18 Å². The Bertz CT molecular complexity index is 415. The van der Waals surface area contributed by atoms with E-state index in [2.05, 4.69) is 6.58 Å². The Kier molecular flexibility index (Phi) is 6.22. The maximum atomic E-state index is 12.8. The number of carbonyl (C=O) groups is 1. The first kappa shape index (κ1) is 15.4. The van der Waals surface area contributed by atoms with Gasteiger partial charge in [-0.2, -0.15) is 0 Å². The Hall–Kier alpha value is -1.68. The van der Waals surface area contributed by atoms with Crippen LogP contribution in [0.4, 0.5) is 4.39 Å². The predicted molar refractivity (Wildman–Crippen MR) is 73.1 cm³/mol. The zero-order valence-electron chi connectivity index (χ0n) is 11.4. The predicted octanol–water partition coefficient (Wildman–Crippen LogP) is 2.77. The fourth-order valence-electron chi connectivity index (χ4n) is 1.55. The van der Waals surface area contributed by atoms with Crippen LogP contribution in [-0.4, -0.2) is 30.1 Å². The molecule has 3 nitrogen and oxygen atoms in total. The summed E-state index contributed by atoms with van der Waals surface area (Å²) in [7, 11) is 0. The molecule has 0 aliphatic rings. The van der Waals surface area contributed by atoms with Crippen LogP contribution < -0.4 is 0 Å². The Morgan fingerprint density at radius 1 is 1.42 bits per heavy atom. The van der Waals surface area contributed by atoms with Gasteiger partial charge in [-0.25, -0.2) is 4.39 Å². The average molecular weight is 265 g/mol. The topological polar surface area (TPSA) is 29.5 Å². The second-order valence-corrected chi connectivity index (χ2v) is 4.55. The van der Waals surface area contributed by atoms with Gasteiger partial charge in [0.1, 0.15) is 12.4 Å². The van der Waals surface area contributed by atoms with Gasteiger partial charge in [-0.3, -0.25) is 4.79 Å². The number of nitrogens with zero attached hydrogens (tertiary/aromatic N) is 1. The zero-order chi connectivity index (χ0) is 14.3. The molecule has 0 radical (unpaired) electrons. The molecular formula is C15H20FNO2. The molecule has 0 spiro atoms. The molecule has 0 unspecified atom stereocenters. The van der Waals surface area contributed by atoms with Crippen LogP contribution in [0.25, 0.3) is 0 Å². The minimum Gasteiger partial charge on any atom is -0.369 e. The molecule has 0 saturated carbocycles. The zero-order valence-corrected chi connectivity index (χ0v) is 11.4. The van der Waals surface area contributed by atoms with Crippen molar-refractivity contribution in [3.63, 3.8) is 0 Å². The molecule has 19 heavy (non-hydrogen) atoms. The molecule has 0 atom stereocenters. The molecule has 4 heteroatoms. The van der Waals surface area contributed by atoms with Crippen LogP contribution in [0.5, 0.6) is 0 Å². The van der Waals surface area contributed by atoms with Crippen LogP contribution in [-0.2, 0) is 16.1 Å². The van der Waals surface area contributed by atoms with Crippen LogP contribution in [0.2, 0.25) is 0 Å². The van der Waals surface area contributed by atoms with Crippen molar-refractivity contribution in [1.82, 2.24) is 4.90 Å². The molecule has 1 aromatic rings. The number of hydrogen-bond donors (Lipinski definition) is 0. The number of hydrogen-bond acceptors (Lipinski definition) is 2. The molecule has 0 saturated heterocycles. The van der Waals surface area contributed by atoms with E-state index in [1.165, 1.54) is 12.1 Å². The van der Waals surface area contributed by atoms with Crippen molar-refractivity contribution >= 4 is 5.91 Å². The summed E-state index contributed by atoms with van der Waals surface area (Å²) in [5.41, 5.74) is 0.876. The van der Waals surface area contributed by atoms with E-state index in [0.717, 1.165) is 5.56 Å². The highest BCUT2D eigenvalue weighted by Gasteiger charge is 2.13. The number of rotatable bonds is 7. The van der Waals surface area contributed by atoms with Crippen molar-refractivity contribution in [3.05, 3.63) is 48.3 Å². The van der Waals surface area contributed by atoms with Gasteiger partial charge >= 0.3 is 0 Å². The summed E-state index contributed by atoms with van der Waals surface area (Å²) in [4.78, 5) is 13.6. The molecule has 0 aromatic heterocycles. The Labute approximate surface area is 113 Å². The summed E-state index contributed by atoms with van der Waals surface area (Å²) in [5.74, 6) is -0.383. The maximum absolute atomic E-state index is 12.8. The molecule has 104 valence electrons. The lowest BCUT2D eigenvalue weighted by atomic mass is 10.2. The molecule has 0 aliphatic carbocycles. The third-order valence-corrected chi connectivity index (χ3v) is 2.53. The number of ether oxygens (including phenoxy) is 1. The first-order valence-electron chi connectivity index (χ1n) is 6.27. The first-order chi connectivity index (χ1) is 9.02. The van der Waals surface area contributed by atoms with Gasteiger partial charge < -0.3 is 9.64 Å². The fourth-order valence-corrected chi connectivity index (χ4v) is 1.55. The lowest BCUT2D eigenvalue weighted by Crippen LogP contribution is -2.34. The first-order valence-corrected chi connectivity index (χ1v) is 6.27. The summed E-state index contributed by atoms with van der Waals surface area (Å²) in [6, 6.07) is 6.11. The van der Waals surface area contributed by atoms with E-state index in [1.54, 1.807) is 23.1 Å². The third-order valence-electron chi connectivity index (χ3n) is 2.53. The quantitative estimate of drug-likeness (QED) is 0.709. The lowest BCUT2D eigenvalue weighted by molar-refractivity contribution is -0.137. The number of benzene rings is 1. The van der Waals surface area contributed by atoms with Crippen LogP contribution in [0.3, 0.4) is 0 Å². The molecule has 0 N–H and O–H groups in total. The minimum atomic E-state index is -0.284. The minimum absolute atomic E-state index is 0.0142. The van der Waals surface area contributed by atoms with E-state index in [4.69, 9.17) is 4.74 Å². The largest absolute Gasteiger partial charge is 0.369 e. The molecule has 0 fully saturated rings. The summed E-state index contributed by atoms with van der Waals surface area (Å²) < 4.78 is 18.1. The Morgan fingerprint density at radius 2 is 2.05 bits per heavy atom. The average Bonchev–Trinajstić information content (AvgIpc) is 2.38. The molecule has 1 rings (SSSR count). The normalized spacial score (nSPS) is 10.5. The van der Waals surface area contributed by atoms with E-state index < -0.39 is 0 Å². The maximum Gasteiger partial charge on any atom is 0.249 e. The molecule has 0 aliphatic heterocycles. The molecule has 1 aromatic carbocycles. The van der Waals surface area contributed by atoms with Crippen LogP contribution in [0.1, 0.15) is 19.4 Å². The molecule has 0 bridgehead atoms. The van der Waals surface area contributed by atoms with Gasteiger partial charge in [-0.15, -0.1) is 6.58 Å². The molecular weight excluding hydrogens is 245 g/mol. The van der Waals surface area contributed by atoms with Gasteiger partial charge in [0.15, 0.2) is 0 Å². The van der Waals surface area contributed by atoms with Crippen molar-refractivity contribution < 1.29 is 13.9 Å². The van der Waals surface area contributed by atoms with Crippen molar-refractivity contribution in [2.45, 2.75) is 26.5 Å². The summed E-state index contributed by atoms with van der Waals surface area (Å²) in [5, 5.41) is 0. The summed E-state index contributed by atoms with van der Waals surface area (Å²) in [6.07, 6.45) is 1.68. The van der Waals surface area contributed by atoms with Gasteiger partial charge in [0.25, 0.3) is 0 Å². The van der Waals surface area contributed by atoms with E-state index >= 15 is 0 Å². The van der Waals surface area contributed by atoms with Crippen LogP contribution in [0, 0.1) is 5.82 Å². The van der Waals surface area contributed by atoms with Gasteiger partial charge in [0, 0.05) is 13.1 Å².